The van der Waals surface area contributed by atoms with E-state index in [1.165, 1.54) is 50.7 Å². The van der Waals surface area contributed by atoms with Crippen LogP contribution in [0.15, 0.2) is 24.3 Å². The maximum atomic E-state index is 12.0. The summed E-state index contributed by atoms with van der Waals surface area (Å²) >= 11 is 0. The number of phenols is 1. The van der Waals surface area contributed by atoms with Gasteiger partial charge < -0.3 is 17.0 Å². The summed E-state index contributed by atoms with van der Waals surface area (Å²) in [5.74, 6) is -1.12. The molecule has 1 amide bonds. The van der Waals surface area contributed by atoms with Crippen LogP contribution in [0.5, 0.6) is 5.75 Å². The molecule has 0 saturated carbocycles. The monoisotopic (exact) mass is 387 g/mol. The largest absolute Gasteiger partial charge is 1.00 e. The van der Waals surface area contributed by atoms with Gasteiger partial charge >= 0.3 is 35.5 Å². The van der Waals surface area contributed by atoms with Crippen LogP contribution in [-0.4, -0.2) is 28.1 Å². The molecule has 0 heterocycles. The van der Waals surface area contributed by atoms with Crippen LogP contribution in [0, 0.1) is 0 Å². The van der Waals surface area contributed by atoms with Gasteiger partial charge in [-0.2, -0.15) is 0 Å². The van der Waals surface area contributed by atoms with Crippen molar-refractivity contribution in [1.82, 2.24) is 5.32 Å². The molecule has 0 unspecified atom stereocenters. The van der Waals surface area contributed by atoms with Crippen molar-refractivity contribution in [2.45, 2.75) is 83.6 Å². The molecule has 0 aliphatic heterocycles. The van der Waals surface area contributed by atoms with Gasteiger partial charge in [-0.15, -0.1) is 0 Å². The van der Waals surface area contributed by atoms with E-state index in [2.05, 4.69) is 12.2 Å². The molecule has 1 rings (SSSR count). The first-order chi connectivity index (χ1) is 12.5. The van der Waals surface area contributed by atoms with Crippen molar-refractivity contribution in [2.24, 2.45) is 0 Å². The summed E-state index contributed by atoms with van der Waals surface area (Å²) in [5.41, 5.74) is 0.763. The number of carboxylic acids is 1. The SMILES string of the molecule is CCCCCCCCCCCC(=O)N[C@@H](Cc1ccc(O)cc1)C(=O)O.[H-].[Na+]. The van der Waals surface area contributed by atoms with Crippen molar-refractivity contribution < 1.29 is 50.8 Å². The molecule has 0 saturated heterocycles. The molecule has 1 atom stereocenters. The first kappa shape index (κ1) is 26.0. The van der Waals surface area contributed by atoms with Gasteiger partial charge in [0.1, 0.15) is 11.8 Å². The normalized spacial score (nSPS) is 11.4. The number of aliphatic carboxylic acids is 1. The average Bonchev–Trinajstić information content (AvgIpc) is 2.61. The van der Waals surface area contributed by atoms with Crippen molar-refractivity contribution in [3.05, 3.63) is 29.8 Å². The number of aromatic hydroxyl groups is 1. The quantitative estimate of drug-likeness (QED) is 0.334. The maximum Gasteiger partial charge on any atom is 1.00 e. The fourth-order valence-electron chi connectivity index (χ4n) is 2.93. The van der Waals surface area contributed by atoms with Gasteiger partial charge in [-0.1, -0.05) is 70.4 Å². The Balaban J connectivity index is 0. The first-order valence-electron chi connectivity index (χ1n) is 9.83. The van der Waals surface area contributed by atoms with E-state index >= 15 is 0 Å². The van der Waals surface area contributed by atoms with E-state index in [0.717, 1.165) is 24.8 Å². The molecule has 3 N–H and O–H groups in total. The molecule has 0 radical (unpaired) electrons. The summed E-state index contributed by atoms with van der Waals surface area (Å²) in [5, 5.41) is 21.2. The van der Waals surface area contributed by atoms with E-state index in [1.807, 2.05) is 0 Å². The van der Waals surface area contributed by atoms with Crippen LogP contribution in [0.3, 0.4) is 0 Å². The van der Waals surface area contributed by atoms with Crippen molar-refractivity contribution in [3.8, 4) is 5.75 Å². The Morgan fingerprint density at radius 2 is 1.48 bits per heavy atom. The predicted octanol–water partition coefficient (Wildman–Crippen LogP) is 1.54. The van der Waals surface area contributed by atoms with Gasteiger partial charge in [0, 0.05) is 12.8 Å². The van der Waals surface area contributed by atoms with Crippen LogP contribution >= 0.6 is 0 Å². The number of hydrogen-bond acceptors (Lipinski definition) is 3. The number of carbonyl (C=O) groups is 2. The molecule has 0 aliphatic carbocycles. The molecule has 0 aliphatic rings. The van der Waals surface area contributed by atoms with Gasteiger partial charge in [-0.05, 0) is 24.1 Å². The summed E-state index contributed by atoms with van der Waals surface area (Å²) in [4.78, 5) is 23.4. The molecular weight excluding hydrogens is 353 g/mol. The Morgan fingerprint density at radius 1 is 0.963 bits per heavy atom. The van der Waals surface area contributed by atoms with E-state index in [0.29, 0.717) is 6.42 Å². The molecule has 5 nitrogen and oxygen atoms in total. The number of phenolic OH excluding ortho intramolecular Hbond substituents is 1. The van der Waals surface area contributed by atoms with E-state index in [4.69, 9.17) is 0 Å². The van der Waals surface area contributed by atoms with Crippen LogP contribution in [0.1, 0.15) is 78.1 Å². The van der Waals surface area contributed by atoms with Crippen LogP contribution in [-0.2, 0) is 16.0 Å². The van der Waals surface area contributed by atoms with E-state index in [9.17, 15) is 19.8 Å². The summed E-state index contributed by atoms with van der Waals surface area (Å²) in [7, 11) is 0. The van der Waals surface area contributed by atoms with Gasteiger partial charge in [0.2, 0.25) is 5.91 Å². The Bertz CT molecular complexity index is 540. The molecule has 0 aromatic heterocycles. The summed E-state index contributed by atoms with van der Waals surface area (Å²) < 4.78 is 0. The second-order valence-corrected chi connectivity index (χ2v) is 6.91. The fraction of sp³-hybridized carbons (Fsp3) is 0.619. The van der Waals surface area contributed by atoms with Gasteiger partial charge in [-0.25, -0.2) is 4.79 Å². The number of benzene rings is 1. The van der Waals surface area contributed by atoms with Gasteiger partial charge in [0.05, 0.1) is 0 Å². The molecular formula is C21H34NNaO4. The van der Waals surface area contributed by atoms with Crippen LogP contribution in [0.25, 0.3) is 0 Å². The third-order valence-electron chi connectivity index (χ3n) is 4.52. The fourth-order valence-corrected chi connectivity index (χ4v) is 2.93. The zero-order valence-corrected chi connectivity index (χ0v) is 18.9. The number of hydrogen-bond donors (Lipinski definition) is 3. The van der Waals surface area contributed by atoms with E-state index in [-0.39, 0.29) is 49.1 Å². The van der Waals surface area contributed by atoms with Crippen molar-refractivity contribution in [1.29, 1.82) is 0 Å². The first-order valence-corrected chi connectivity index (χ1v) is 9.83. The van der Waals surface area contributed by atoms with Crippen molar-refractivity contribution in [3.63, 3.8) is 0 Å². The Labute approximate surface area is 186 Å². The minimum atomic E-state index is -1.04. The summed E-state index contributed by atoms with van der Waals surface area (Å²) in [6.45, 7) is 2.21. The predicted molar refractivity (Wildman–Crippen MR) is 104 cm³/mol. The Hall–Kier alpha value is -1.04. The third kappa shape index (κ3) is 12.9. The Kier molecular flexibility index (Phi) is 15.3. The molecule has 1 aromatic carbocycles. The minimum Gasteiger partial charge on any atom is -1.00 e. The van der Waals surface area contributed by atoms with Gasteiger partial charge in [-0.3, -0.25) is 4.79 Å². The molecule has 1 aromatic rings. The number of rotatable bonds is 14. The molecule has 0 fully saturated rings. The molecule has 6 heteroatoms. The zero-order valence-electron chi connectivity index (χ0n) is 17.9. The number of nitrogens with one attached hydrogen (secondary N) is 1. The molecule has 148 valence electrons. The Morgan fingerprint density at radius 3 is 2.00 bits per heavy atom. The van der Waals surface area contributed by atoms with Crippen LogP contribution < -0.4 is 34.9 Å². The number of amides is 1. The number of unbranched alkanes of at least 4 members (excludes halogenated alkanes) is 8. The summed E-state index contributed by atoms with van der Waals surface area (Å²) in [6, 6.07) is 5.41. The van der Waals surface area contributed by atoms with Crippen molar-refractivity contribution >= 4 is 11.9 Å². The third-order valence-corrected chi connectivity index (χ3v) is 4.52. The smallest absolute Gasteiger partial charge is 1.00 e. The second-order valence-electron chi connectivity index (χ2n) is 6.91. The molecule has 0 bridgehead atoms. The van der Waals surface area contributed by atoms with E-state index < -0.39 is 12.0 Å². The molecule has 0 spiro atoms. The summed E-state index contributed by atoms with van der Waals surface area (Å²) in [6.07, 6.45) is 11.2. The topological polar surface area (TPSA) is 86.6 Å². The minimum absolute atomic E-state index is 0. The maximum absolute atomic E-state index is 12.0. The standard InChI is InChI=1S/C21H33NO4.Na.H/c1-2-3-4-5-6-7-8-9-10-11-20(24)22-19(21(25)26)16-17-12-14-18(23)15-13-17;;/h12-15,19,23H,2-11,16H2,1H3,(H,22,24)(H,25,26);;/q;+1;-1/t19-;;/m0../s1. The number of carbonyl (C=O) groups excluding carboxylic acids is 1. The van der Waals surface area contributed by atoms with E-state index in [1.54, 1.807) is 12.1 Å². The van der Waals surface area contributed by atoms with Crippen LogP contribution in [0.4, 0.5) is 0 Å². The molecule has 27 heavy (non-hydrogen) atoms. The zero-order chi connectivity index (χ0) is 19.2. The van der Waals surface area contributed by atoms with Gasteiger partial charge in [0.15, 0.2) is 0 Å². The van der Waals surface area contributed by atoms with Crippen LogP contribution in [0.2, 0.25) is 0 Å². The van der Waals surface area contributed by atoms with Crippen molar-refractivity contribution in [2.75, 3.05) is 0 Å². The average molecular weight is 387 g/mol. The second kappa shape index (κ2) is 16.0. The van der Waals surface area contributed by atoms with Gasteiger partial charge in [0.25, 0.3) is 0 Å². The number of carboxylic acid groups (broad SMARTS) is 1.